The van der Waals surface area contributed by atoms with Crippen LogP contribution < -0.4 is 5.32 Å². The fourth-order valence-corrected chi connectivity index (χ4v) is 2.23. The molecule has 1 N–H and O–H groups in total. The molecule has 0 atom stereocenters. The molecular weight excluding hydrogens is 320 g/mol. The minimum atomic E-state index is -0.140. The lowest BCUT2D eigenvalue weighted by molar-refractivity contribution is 0.0769. The van der Waals surface area contributed by atoms with E-state index in [-0.39, 0.29) is 12.5 Å². The van der Waals surface area contributed by atoms with E-state index in [1.807, 2.05) is 19.1 Å². The Bertz CT molecular complexity index is 849. The summed E-state index contributed by atoms with van der Waals surface area (Å²) in [6.45, 7) is 2.20. The number of rotatable bonds is 6. The molecule has 0 radical (unpaired) electrons. The number of carbonyl (C=O) groups excluding carboxylic acids is 1. The molecule has 25 heavy (non-hydrogen) atoms. The third-order valence-electron chi connectivity index (χ3n) is 3.49. The highest BCUT2D eigenvalue weighted by Gasteiger charge is 2.15. The van der Waals surface area contributed by atoms with Crippen LogP contribution in [0.4, 0.5) is 11.5 Å². The number of aryl methyl sites for hydroxylation is 1. The number of carbonyl (C=O) groups is 1. The average Bonchev–Trinajstić information content (AvgIpc) is 3.09. The van der Waals surface area contributed by atoms with E-state index in [1.165, 1.54) is 4.90 Å². The van der Waals surface area contributed by atoms with Crippen molar-refractivity contribution < 1.29 is 9.32 Å². The number of amides is 1. The topological polar surface area (TPSA) is 97.0 Å². The highest BCUT2D eigenvalue weighted by atomic mass is 16.5. The molecule has 0 fully saturated rings. The van der Waals surface area contributed by atoms with Crippen molar-refractivity contribution in [3.05, 3.63) is 60.1 Å². The van der Waals surface area contributed by atoms with Gasteiger partial charge in [-0.2, -0.15) is 4.98 Å². The summed E-state index contributed by atoms with van der Waals surface area (Å²) in [6.07, 6.45) is 5.50. The molecule has 8 heteroatoms. The van der Waals surface area contributed by atoms with Gasteiger partial charge in [0.2, 0.25) is 5.89 Å². The van der Waals surface area contributed by atoms with Crippen LogP contribution in [-0.4, -0.2) is 38.0 Å². The van der Waals surface area contributed by atoms with Crippen molar-refractivity contribution in [3.63, 3.8) is 0 Å². The molecule has 1 amide bonds. The first-order valence-corrected chi connectivity index (χ1v) is 7.85. The Labute approximate surface area is 144 Å². The van der Waals surface area contributed by atoms with Crippen LogP contribution in [0.15, 0.2) is 47.4 Å². The van der Waals surface area contributed by atoms with E-state index in [4.69, 9.17) is 4.52 Å². The van der Waals surface area contributed by atoms with Crippen LogP contribution in [0, 0.1) is 0 Å². The van der Waals surface area contributed by atoms with Gasteiger partial charge in [0.15, 0.2) is 5.82 Å². The normalized spacial score (nSPS) is 10.5. The van der Waals surface area contributed by atoms with Gasteiger partial charge >= 0.3 is 0 Å². The van der Waals surface area contributed by atoms with Gasteiger partial charge in [-0.05, 0) is 18.2 Å². The highest BCUT2D eigenvalue weighted by molar-refractivity contribution is 5.95. The molecule has 0 saturated heterocycles. The Morgan fingerprint density at radius 3 is 2.92 bits per heavy atom. The largest absolute Gasteiger partial charge is 0.339 e. The summed E-state index contributed by atoms with van der Waals surface area (Å²) in [7, 11) is 1.70. The van der Waals surface area contributed by atoms with Crippen LogP contribution in [0.2, 0.25) is 0 Å². The number of benzene rings is 1. The number of aromatic nitrogens is 4. The van der Waals surface area contributed by atoms with Crippen LogP contribution >= 0.6 is 0 Å². The van der Waals surface area contributed by atoms with Gasteiger partial charge in [-0.25, -0.2) is 4.98 Å². The van der Waals surface area contributed by atoms with Gasteiger partial charge in [0.25, 0.3) is 5.91 Å². The van der Waals surface area contributed by atoms with Crippen molar-refractivity contribution in [2.45, 2.75) is 19.9 Å². The van der Waals surface area contributed by atoms with Gasteiger partial charge in [0.1, 0.15) is 5.82 Å². The maximum atomic E-state index is 12.6. The van der Waals surface area contributed by atoms with Crippen LogP contribution in [0.25, 0.3) is 0 Å². The zero-order valence-electron chi connectivity index (χ0n) is 14.0. The number of nitrogens with zero attached hydrogens (tertiary/aromatic N) is 5. The smallest absolute Gasteiger partial charge is 0.254 e. The molecule has 2 heterocycles. The molecule has 0 unspecified atom stereocenters. The van der Waals surface area contributed by atoms with E-state index < -0.39 is 0 Å². The predicted molar refractivity (Wildman–Crippen MR) is 91.2 cm³/mol. The van der Waals surface area contributed by atoms with Crippen LogP contribution in [0.3, 0.4) is 0 Å². The Morgan fingerprint density at radius 1 is 1.32 bits per heavy atom. The third kappa shape index (κ3) is 4.17. The first-order valence-electron chi connectivity index (χ1n) is 7.85. The van der Waals surface area contributed by atoms with Crippen LogP contribution in [-0.2, 0) is 13.0 Å². The monoisotopic (exact) mass is 338 g/mol. The quantitative estimate of drug-likeness (QED) is 0.737. The second-order valence-corrected chi connectivity index (χ2v) is 5.42. The second-order valence-electron chi connectivity index (χ2n) is 5.42. The Hall–Kier alpha value is -3.29. The Kier molecular flexibility index (Phi) is 4.98. The van der Waals surface area contributed by atoms with Crippen LogP contribution in [0.1, 0.15) is 29.0 Å². The molecule has 0 saturated carbocycles. The molecule has 3 rings (SSSR count). The standard InChI is InChI=1S/C17H18N6O2/c1-3-14-21-16(25-22-14)11-23(2)17(24)12-5-4-6-13(9-12)20-15-10-18-7-8-19-15/h4-10H,3,11H2,1-2H3,(H,19,20). The summed E-state index contributed by atoms with van der Waals surface area (Å²) in [6, 6.07) is 7.18. The minimum Gasteiger partial charge on any atom is -0.339 e. The Balaban J connectivity index is 1.69. The third-order valence-corrected chi connectivity index (χ3v) is 3.49. The van der Waals surface area contributed by atoms with Crippen molar-refractivity contribution in [3.8, 4) is 0 Å². The molecule has 128 valence electrons. The summed E-state index contributed by atoms with van der Waals surface area (Å²) in [5.41, 5.74) is 1.30. The highest BCUT2D eigenvalue weighted by Crippen LogP contribution is 2.17. The van der Waals surface area contributed by atoms with Gasteiger partial charge in [0, 0.05) is 37.1 Å². The summed E-state index contributed by atoms with van der Waals surface area (Å²) < 4.78 is 5.13. The molecule has 0 aliphatic heterocycles. The first kappa shape index (κ1) is 16.6. The number of hydrogen-bond acceptors (Lipinski definition) is 7. The zero-order valence-corrected chi connectivity index (χ0v) is 14.0. The summed E-state index contributed by atoms with van der Waals surface area (Å²) in [5.74, 6) is 1.52. The molecule has 0 aliphatic rings. The fraction of sp³-hybridized carbons (Fsp3) is 0.235. The predicted octanol–water partition coefficient (Wildman–Crippen LogP) is 2.44. The first-order chi connectivity index (χ1) is 12.2. The molecule has 8 nitrogen and oxygen atoms in total. The second kappa shape index (κ2) is 7.52. The van der Waals surface area contributed by atoms with Crippen molar-refractivity contribution in [1.82, 2.24) is 25.0 Å². The van der Waals surface area contributed by atoms with Crippen molar-refractivity contribution >= 4 is 17.4 Å². The van der Waals surface area contributed by atoms with Crippen molar-refractivity contribution in [2.24, 2.45) is 0 Å². The van der Waals surface area contributed by atoms with Gasteiger partial charge in [-0.3, -0.25) is 9.78 Å². The van der Waals surface area contributed by atoms with Gasteiger partial charge < -0.3 is 14.7 Å². The van der Waals surface area contributed by atoms with Crippen LogP contribution in [0.5, 0.6) is 0 Å². The lowest BCUT2D eigenvalue weighted by Gasteiger charge is -2.15. The molecule has 3 aromatic rings. The van der Waals surface area contributed by atoms with E-state index in [1.54, 1.807) is 37.8 Å². The molecule has 2 aromatic heterocycles. The van der Waals surface area contributed by atoms with E-state index in [2.05, 4.69) is 25.4 Å². The van der Waals surface area contributed by atoms with E-state index in [0.717, 1.165) is 5.69 Å². The number of hydrogen-bond donors (Lipinski definition) is 1. The molecule has 1 aromatic carbocycles. The maximum absolute atomic E-state index is 12.6. The summed E-state index contributed by atoms with van der Waals surface area (Å²) >= 11 is 0. The van der Waals surface area contributed by atoms with Crippen molar-refractivity contribution in [2.75, 3.05) is 12.4 Å². The lowest BCUT2D eigenvalue weighted by atomic mass is 10.1. The SMILES string of the molecule is CCc1noc(CN(C)C(=O)c2cccc(Nc3cnccn3)c2)n1. The molecule has 0 spiro atoms. The summed E-state index contributed by atoms with van der Waals surface area (Å²) in [5, 5.41) is 6.95. The van der Waals surface area contributed by atoms with Gasteiger partial charge in [0.05, 0.1) is 12.7 Å². The van der Waals surface area contributed by atoms with Crippen molar-refractivity contribution in [1.29, 1.82) is 0 Å². The number of anilines is 2. The minimum absolute atomic E-state index is 0.140. The number of nitrogens with one attached hydrogen (secondary N) is 1. The van der Waals surface area contributed by atoms with E-state index >= 15 is 0 Å². The van der Waals surface area contributed by atoms with E-state index in [0.29, 0.717) is 29.5 Å². The maximum Gasteiger partial charge on any atom is 0.254 e. The van der Waals surface area contributed by atoms with Gasteiger partial charge in [-0.15, -0.1) is 0 Å². The zero-order chi connectivity index (χ0) is 17.6. The van der Waals surface area contributed by atoms with E-state index in [9.17, 15) is 4.79 Å². The lowest BCUT2D eigenvalue weighted by Crippen LogP contribution is -2.26. The molecular formula is C17H18N6O2. The van der Waals surface area contributed by atoms with Gasteiger partial charge in [-0.1, -0.05) is 18.1 Å². The molecule has 0 aliphatic carbocycles. The average molecular weight is 338 g/mol. The molecule has 0 bridgehead atoms. The fourth-order valence-electron chi connectivity index (χ4n) is 2.23. The summed E-state index contributed by atoms with van der Waals surface area (Å²) in [4.78, 5) is 26.5. The Morgan fingerprint density at radius 2 is 2.20 bits per heavy atom.